The van der Waals surface area contributed by atoms with E-state index < -0.39 is 0 Å². The van der Waals surface area contributed by atoms with E-state index in [4.69, 9.17) is 5.26 Å². The number of carbonyl (C=O) groups excluding carboxylic acids is 1. The maximum atomic E-state index is 11.6. The maximum Gasteiger partial charge on any atom is 0.262 e. The number of nitrogens with zero attached hydrogens (tertiary/aromatic N) is 1. The molecule has 3 nitrogen and oxygen atoms in total. The lowest BCUT2D eigenvalue weighted by atomic mass is 10.2. The maximum absolute atomic E-state index is 11.6. The van der Waals surface area contributed by atoms with Gasteiger partial charge in [-0.15, -0.1) is 11.3 Å². The van der Waals surface area contributed by atoms with Gasteiger partial charge in [-0.25, -0.2) is 0 Å². The molecule has 1 N–H and O–H groups in total. The summed E-state index contributed by atoms with van der Waals surface area (Å²) in [5.41, 5.74) is 0.168. The van der Waals surface area contributed by atoms with Gasteiger partial charge in [0, 0.05) is 20.8 Å². The molecule has 1 heterocycles. The molecule has 16 heavy (non-hydrogen) atoms. The number of nitrogens with one attached hydrogen (secondary N) is 1. The minimum atomic E-state index is -0.269. The number of nitriles is 1. The molecule has 1 aliphatic carbocycles. The predicted molar refractivity (Wildman–Crippen MR) is 66.8 cm³/mol. The van der Waals surface area contributed by atoms with Crippen LogP contribution >= 0.6 is 27.3 Å². The highest BCUT2D eigenvalue weighted by molar-refractivity contribution is 9.10. The highest BCUT2D eigenvalue weighted by atomic mass is 79.9. The molecule has 1 aromatic heterocycles. The van der Waals surface area contributed by atoms with E-state index >= 15 is 0 Å². The first-order valence-electron chi connectivity index (χ1n) is 4.86. The Morgan fingerprint density at radius 3 is 2.94 bits per heavy atom. The Kier molecular flexibility index (Phi) is 3.42. The SMILES string of the molecule is N#C/C(=C\c1cc(Br)cs1)C(=O)NC1CC1. The monoisotopic (exact) mass is 296 g/mol. The van der Waals surface area contributed by atoms with Crippen molar-refractivity contribution >= 4 is 39.2 Å². The molecule has 0 atom stereocenters. The molecule has 1 saturated carbocycles. The van der Waals surface area contributed by atoms with Gasteiger partial charge in [0.25, 0.3) is 5.91 Å². The van der Waals surface area contributed by atoms with Crippen molar-refractivity contribution < 1.29 is 4.79 Å². The van der Waals surface area contributed by atoms with Crippen LogP contribution in [0.15, 0.2) is 21.5 Å². The van der Waals surface area contributed by atoms with Gasteiger partial charge in [0.05, 0.1) is 0 Å². The van der Waals surface area contributed by atoms with Gasteiger partial charge in [0.2, 0.25) is 0 Å². The average Bonchev–Trinajstić information content (AvgIpc) is 2.97. The topological polar surface area (TPSA) is 52.9 Å². The summed E-state index contributed by atoms with van der Waals surface area (Å²) in [5, 5.41) is 13.6. The Bertz CT molecular complexity index is 482. The fourth-order valence-electron chi connectivity index (χ4n) is 1.19. The first-order valence-corrected chi connectivity index (χ1v) is 6.53. The number of hydrogen-bond donors (Lipinski definition) is 1. The Balaban J connectivity index is 2.11. The minimum absolute atomic E-state index is 0.168. The number of halogens is 1. The number of hydrogen-bond acceptors (Lipinski definition) is 3. The van der Waals surface area contributed by atoms with E-state index in [0.29, 0.717) is 0 Å². The molecule has 0 saturated heterocycles. The molecule has 0 spiro atoms. The normalized spacial score (nSPS) is 15.6. The quantitative estimate of drug-likeness (QED) is 0.689. The Morgan fingerprint density at radius 2 is 2.44 bits per heavy atom. The van der Waals surface area contributed by atoms with Crippen molar-refractivity contribution in [1.82, 2.24) is 5.32 Å². The summed E-state index contributed by atoms with van der Waals surface area (Å²) in [4.78, 5) is 12.5. The Hall–Kier alpha value is -1.12. The largest absolute Gasteiger partial charge is 0.349 e. The van der Waals surface area contributed by atoms with Gasteiger partial charge in [0.1, 0.15) is 11.6 Å². The lowest BCUT2D eigenvalue weighted by Gasteiger charge is -1.99. The van der Waals surface area contributed by atoms with Gasteiger partial charge >= 0.3 is 0 Å². The van der Waals surface area contributed by atoms with Crippen LogP contribution in [0.3, 0.4) is 0 Å². The van der Waals surface area contributed by atoms with Crippen molar-refractivity contribution in [3.05, 3.63) is 26.4 Å². The van der Waals surface area contributed by atoms with Crippen molar-refractivity contribution in [3.8, 4) is 6.07 Å². The molecule has 0 unspecified atom stereocenters. The minimum Gasteiger partial charge on any atom is -0.349 e. The Labute approximate surface area is 106 Å². The lowest BCUT2D eigenvalue weighted by Crippen LogP contribution is -2.26. The summed E-state index contributed by atoms with van der Waals surface area (Å²) >= 11 is 4.82. The third-order valence-electron chi connectivity index (χ3n) is 2.15. The second-order valence-corrected chi connectivity index (χ2v) is 5.44. The van der Waals surface area contributed by atoms with E-state index in [1.165, 1.54) is 11.3 Å². The summed E-state index contributed by atoms with van der Waals surface area (Å²) in [6.45, 7) is 0. The second-order valence-electron chi connectivity index (χ2n) is 3.58. The van der Waals surface area contributed by atoms with Crippen LogP contribution in [0.25, 0.3) is 6.08 Å². The lowest BCUT2D eigenvalue weighted by molar-refractivity contribution is -0.117. The van der Waals surface area contributed by atoms with Crippen molar-refractivity contribution in [2.45, 2.75) is 18.9 Å². The zero-order chi connectivity index (χ0) is 11.5. The molecule has 0 aromatic carbocycles. The highest BCUT2D eigenvalue weighted by Gasteiger charge is 2.24. The fraction of sp³-hybridized carbons (Fsp3) is 0.273. The summed E-state index contributed by atoms with van der Waals surface area (Å²) in [5.74, 6) is -0.269. The first kappa shape index (κ1) is 11.4. The molecule has 82 valence electrons. The van der Waals surface area contributed by atoms with Gasteiger partial charge in [-0.2, -0.15) is 5.26 Å². The molecular formula is C11H9BrN2OS. The average molecular weight is 297 g/mol. The van der Waals surface area contributed by atoms with Crippen LogP contribution in [-0.4, -0.2) is 11.9 Å². The first-order chi connectivity index (χ1) is 7.69. The summed E-state index contributed by atoms with van der Waals surface area (Å²) in [6.07, 6.45) is 3.66. The molecule has 0 radical (unpaired) electrons. The predicted octanol–water partition coefficient (Wildman–Crippen LogP) is 2.70. The van der Waals surface area contributed by atoms with Gasteiger partial charge < -0.3 is 5.32 Å². The van der Waals surface area contributed by atoms with Gasteiger partial charge in [-0.05, 0) is 40.9 Å². The fourth-order valence-corrected chi connectivity index (χ4v) is 2.56. The molecule has 1 aliphatic rings. The molecular weight excluding hydrogens is 288 g/mol. The van der Waals surface area contributed by atoms with Crippen molar-refractivity contribution in [1.29, 1.82) is 5.26 Å². The van der Waals surface area contributed by atoms with Gasteiger partial charge in [0.15, 0.2) is 0 Å². The summed E-state index contributed by atoms with van der Waals surface area (Å²) < 4.78 is 0.962. The molecule has 0 aliphatic heterocycles. The smallest absolute Gasteiger partial charge is 0.262 e. The zero-order valence-electron chi connectivity index (χ0n) is 8.37. The Morgan fingerprint density at radius 1 is 1.69 bits per heavy atom. The third kappa shape index (κ3) is 2.94. The second kappa shape index (κ2) is 4.81. The third-order valence-corrected chi connectivity index (χ3v) is 3.79. The number of carbonyl (C=O) groups is 1. The van der Waals surface area contributed by atoms with Crippen molar-refractivity contribution in [2.75, 3.05) is 0 Å². The standard InChI is InChI=1S/C11H9BrN2OS/c12-8-4-10(16-6-8)3-7(5-13)11(15)14-9-1-2-9/h3-4,6,9H,1-2H2,(H,14,15)/b7-3+. The van der Waals surface area contributed by atoms with Crippen LogP contribution in [0, 0.1) is 11.3 Å². The van der Waals surface area contributed by atoms with Crippen molar-refractivity contribution in [3.63, 3.8) is 0 Å². The van der Waals surface area contributed by atoms with Gasteiger partial charge in [-0.1, -0.05) is 0 Å². The van der Waals surface area contributed by atoms with Crippen molar-refractivity contribution in [2.24, 2.45) is 0 Å². The van der Waals surface area contributed by atoms with E-state index in [2.05, 4.69) is 21.2 Å². The molecule has 0 bridgehead atoms. The van der Waals surface area contributed by atoms with E-state index in [1.807, 2.05) is 17.5 Å². The van der Waals surface area contributed by atoms with E-state index in [9.17, 15) is 4.79 Å². The molecule has 1 amide bonds. The summed E-state index contributed by atoms with van der Waals surface area (Å²) in [7, 11) is 0. The molecule has 1 aromatic rings. The molecule has 5 heteroatoms. The zero-order valence-corrected chi connectivity index (χ0v) is 10.8. The van der Waals surface area contributed by atoms with Crippen LogP contribution in [-0.2, 0) is 4.79 Å². The van der Waals surface area contributed by atoms with Gasteiger partial charge in [-0.3, -0.25) is 4.79 Å². The van der Waals surface area contributed by atoms with Crippen LogP contribution in [0.1, 0.15) is 17.7 Å². The summed E-state index contributed by atoms with van der Waals surface area (Å²) in [6, 6.07) is 4.09. The number of amides is 1. The molecule has 2 rings (SSSR count). The van der Waals surface area contributed by atoms with E-state index in [0.717, 1.165) is 22.2 Å². The van der Waals surface area contributed by atoms with E-state index in [1.54, 1.807) is 6.08 Å². The van der Waals surface area contributed by atoms with Crippen LogP contribution in [0.2, 0.25) is 0 Å². The van der Waals surface area contributed by atoms with Crippen LogP contribution in [0.5, 0.6) is 0 Å². The van der Waals surface area contributed by atoms with E-state index in [-0.39, 0.29) is 17.5 Å². The number of rotatable bonds is 3. The number of thiophene rings is 1. The van der Waals surface area contributed by atoms with Crippen LogP contribution < -0.4 is 5.32 Å². The van der Waals surface area contributed by atoms with Crippen LogP contribution in [0.4, 0.5) is 0 Å². The highest BCUT2D eigenvalue weighted by Crippen LogP contribution is 2.23. The molecule has 1 fully saturated rings.